The maximum Gasteiger partial charge on any atom is 0.249 e. The third-order valence-electron chi connectivity index (χ3n) is 2.47. The minimum absolute atomic E-state index is 0.163. The van der Waals surface area contributed by atoms with Crippen molar-refractivity contribution in [1.29, 1.82) is 0 Å². The van der Waals surface area contributed by atoms with Crippen LogP contribution in [0.15, 0.2) is 43.5 Å². The molecule has 0 saturated carbocycles. The van der Waals surface area contributed by atoms with Crippen molar-refractivity contribution >= 4 is 5.91 Å². The maximum absolute atomic E-state index is 11.3. The topological polar surface area (TPSA) is 83.5 Å². The summed E-state index contributed by atoms with van der Waals surface area (Å²) >= 11 is 0. The molecule has 0 saturated heterocycles. The van der Waals surface area contributed by atoms with Crippen LogP contribution in [0.1, 0.15) is 33.7 Å². The number of amides is 1. The van der Waals surface area contributed by atoms with Gasteiger partial charge in [-0.1, -0.05) is 24.3 Å². The van der Waals surface area contributed by atoms with E-state index in [0.717, 1.165) is 0 Å². The van der Waals surface area contributed by atoms with Gasteiger partial charge in [0.2, 0.25) is 5.91 Å². The molecule has 0 radical (unpaired) electrons. The van der Waals surface area contributed by atoms with E-state index >= 15 is 0 Å². The van der Waals surface area contributed by atoms with Crippen molar-refractivity contribution < 1.29 is 15.0 Å². The molecule has 0 aromatic heterocycles. The first-order valence-electron chi connectivity index (χ1n) is 5.06. The van der Waals surface area contributed by atoms with Gasteiger partial charge in [0.15, 0.2) is 0 Å². The van der Waals surface area contributed by atoms with Crippen LogP contribution in [-0.4, -0.2) is 16.1 Å². The third kappa shape index (κ3) is 2.61. The lowest BCUT2D eigenvalue weighted by molar-refractivity contribution is 0.0995. The maximum atomic E-state index is 11.3. The van der Waals surface area contributed by atoms with Crippen LogP contribution < -0.4 is 5.73 Å². The lowest BCUT2D eigenvalue weighted by Gasteiger charge is -2.18. The molecule has 0 spiro atoms. The summed E-state index contributed by atoms with van der Waals surface area (Å²) in [5, 5.41) is 19.6. The highest BCUT2D eigenvalue weighted by Gasteiger charge is 2.20. The second-order valence-electron chi connectivity index (χ2n) is 3.53. The molecule has 0 bridgehead atoms. The van der Waals surface area contributed by atoms with Gasteiger partial charge in [0, 0.05) is 11.1 Å². The van der Waals surface area contributed by atoms with Crippen molar-refractivity contribution in [3.8, 4) is 0 Å². The fourth-order valence-electron chi connectivity index (χ4n) is 1.63. The summed E-state index contributed by atoms with van der Waals surface area (Å²) < 4.78 is 0. The van der Waals surface area contributed by atoms with Crippen molar-refractivity contribution in [2.75, 3.05) is 0 Å². The predicted molar refractivity (Wildman–Crippen MR) is 65.3 cm³/mol. The second kappa shape index (κ2) is 5.43. The molecule has 0 heterocycles. The molecular weight excluding hydrogens is 218 g/mol. The van der Waals surface area contributed by atoms with E-state index in [2.05, 4.69) is 13.2 Å². The molecule has 4 nitrogen and oxygen atoms in total. The van der Waals surface area contributed by atoms with Gasteiger partial charge in [-0.2, -0.15) is 0 Å². The van der Waals surface area contributed by atoms with E-state index in [1.807, 2.05) is 0 Å². The molecule has 90 valence electrons. The van der Waals surface area contributed by atoms with E-state index in [-0.39, 0.29) is 11.1 Å². The van der Waals surface area contributed by atoms with Gasteiger partial charge in [-0.3, -0.25) is 4.79 Å². The van der Waals surface area contributed by atoms with Gasteiger partial charge in [-0.25, -0.2) is 0 Å². The molecule has 0 aliphatic rings. The average Bonchev–Trinajstić information content (AvgIpc) is 2.35. The van der Waals surface area contributed by atoms with E-state index in [4.69, 9.17) is 5.73 Å². The molecule has 17 heavy (non-hydrogen) atoms. The smallest absolute Gasteiger partial charge is 0.249 e. The number of carbonyl (C=O) groups excluding carboxylic acids is 1. The quantitative estimate of drug-likeness (QED) is 0.669. The Morgan fingerprint density at radius 1 is 1.24 bits per heavy atom. The van der Waals surface area contributed by atoms with Crippen LogP contribution in [0.25, 0.3) is 0 Å². The van der Waals surface area contributed by atoms with Gasteiger partial charge >= 0.3 is 0 Å². The van der Waals surface area contributed by atoms with Crippen LogP contribution in [0.3, 0.4) is 0 Å². The molecule has 0 aliphatic carbocycles. The zero-order valence-electron chi connectivity index (χ0n) is 9.34. The lowest BCUT2D eigenvalue weighted by atomic mass is 9.92. The first-order valence-corrected chi connectivity index (χ1v) is 5.06. The Kier molecular flexibility index (Phi) is 4.20. The third-order valence-corrected chi connectivity index (χ3v) is 2.47. The van der Waals surface area contributed by atoms with Crippen LogP contribution in [0, 0.1) is 0 Å². The highest BCUT2D eigenvalue weighted by atomic mass is 16.3. The van der Waals surface area contributed by atoms with E-state index in [1.54, 1.807) is 12.1 Å². The highest BCUT2D eigenvalue weighted by Crippen LogP contribution is 2.28. The summed E-state index contributed by atoms with van der Waals surface area (Å²) in [6, 6.07) is 4.67. The van der Waals surface area contributed by atoms with E-state index in [0.29, 0.717) is 5.56 Å². The number of rotatable bonds is 5. The van der Waals surface area contributed by atoms with E-state index < -0.39 is 18.1 Å². The van der Waals surface area contributed by atoms with Gasteiger partial charge in [0.1, 0.15) is 0 Å². The van der Waals surface area contributed by atoms with Crippen molar-refractivity contribution in [3.05, 3.63) is 60.2 Å². The Bertz CT molecular complexity index is 454. The Hall–Kier alpha value is -1.91. The minimum atomic E-state index is -1.07. The number of hydrogen-bond donors (Lipinski definition) is 3. The van der Waals surface area contributed by atoms with Gasteiger partial charge < -0.3 is 15.9 Å². The van der Waals surface area contributed by atoms with Crippen molar-refractivity contribution in [2.24, 2.45) is 5.73 Å². The SMILES string of the molecule is C=CC(O)c1cccc(C(N)=O)c1C(O)C=C. The summed E-state index contributed by atoms with van der Waals surface area (Å²) in [7, 11) is 0. The standard InChI is InChI=1S/C13H15NO3/c1-3-10(15)8-6-5-7-9(13(14)17)12(8)11(16)4-2/h3-7,10-11,15-16H,1-2H2,(H2,14,17). The van der Waals surface area contributed by atoms with Crippen molar-refractivity contribution in [3.63, 3.8) is 0 Å². The Morgan fingerprint density at radius 2 is 1.82 bits per heavy atom. The number of nitrogens with two attached hydrogens (primary N) is 1. The first kappa shape index (κ1) is 13.2. The number of hydrogen-bond acceptors (Lipinski definition) is 3. The number of aliphatic hydroxyl groups excluding tert-OH is 2. The van der Waals surface area contributed by atoms with Gasteiger partial charge in [-0.15, -0.1) is 13.2 Å². The molecule has 2 unspecified atom stereocenters. The molecule has 1 aromatic rings. The average molecular weight is 233 g/mol. The fourth-order valence-corrected chi connectivity index (χ4v) is 1.63. The monoisotopic (exact) mass is 233 g/mol. The van der Waals surface area contributed by atoms with Crippen molar-refractivity contribution in [2.45, 2.75) is 12.2 Å². The first-order chi connectivity index (χ1) is 8.02. The van der Waals surface area contributed by atoms with Crippen LogP contribution >= 0.6 is 0 Å². The molecule has 0 aliphatic heterocycles. The lowest BCUT2D eigenvalue weighted by Crippen LogP contribution is -2.17. The van der Waals surface area contributed by atoms with E-state index in [9.17, 15) is 15.0 Å². The van der Waals surface area contributed by atoms with Gasteiger partial charge in [0.05, 0.1) is 12.2 Å². The van der Waals surface area contributed by atoms with Crippen LogP contribution in [-0.2, 0) is 0 Å². The van der Waals surface area contributed by atoms with Crippen LogP contribution in [0.5, 0.6) is 0 Å². The van der Waals surface area contributed by atoms with E-state index in [1.165, 1.54) is 18.2 Å². The Balaban J connectivity index is 3.49. The summed E-state index contributed by atoms with van der Waals surface area (Å²) in [6.07, 6.45) is 0.530. The summed E-state index contributed by atoms with van der Waals surface area (Å²) in [5.41, 5.74) is 6.05. The van der Waals surface area contributed by atoms with Gasteiger partial charge in [0.25, 0.3) is 0 Å². The molecule has 0 fully saturated rings. The number of primary amides is 1. The summed E-state index contributed by atoms with van der Waals surface area (Å²) in [4.78, 5) is 11.3. The normalized spacial score (nSPS) is 13.8. The molecule has 1 aromatic carbocycles. The molecule has 4 heteroatoms. The number of benzene rings is 1. The van der Waals surface area contributed by atoms with Crippen LogP contribution in [0.2, 0.25) is 0 Å². The molecule has 1 amide bonds. The second-order valence-corrected chi connectivity index (χ2v) is 3.53. The highest BCUT2D eigenvalue weighted by molar-refractivity contribution is 5.95. The van der Waals surface area contributed by atoms with Gasteiger partial charge in [-0.05, 0) is 11.6 Å². The molecule has 2 atom stereocenters. The van der Waals surface area contributed by atoms with Crippen LogP contribution in [0.4, 0.5) is 0 Å². The fraction of sp³-hybridized carbons (Fsp3) is 0.154. The zero-order chi connectivity index (χ0) is 13.0. The molecular formula is C13H15NO3. The van der Waals surface area contributed by atoms with Crippen molar-refractivity contribution in [1.82, 2.24) is 0 Å². The predicted octanol–water partition coefficient (Wildman–Crippen LogP) is 1.22. The molecule has 1 rings (SSSR count). The number of carbonyl (C=O) groups is 1. The minimum Gasteiger partial charge on any atom is -0.384 e. The number of aliphatic hydroxyl groups is 2. The molecule has 4 N–H and O–H groups in total. The Labute approximate surface area is 99.7 Å². The summed E-state index contributed by atoms with van der Waals surface area (Å²) in [5.74, 6) is -0.668. The zero-order valence-corrected chi connectivity index (χ0v) is 9.34. The largest absolute Gasteiger partial charge is 0.384 e. The summed E-state index contributed by atoms with van der Waals surface area (Å²) in [6.45, 7) is 6.92. The Morgan fingerprint density at radius 3 is 2.29 bits per heavy atom.